The van der Waals surface area contributed by atoms with E-state index in [4.69, 9.17) is 9.47 Å². The smallest absolute Gasteiger partial charge is 0.303 e. The molecular formula is C19H19NO4. The van der Waals surface area contributed by atoms with Gasteiger partial charge in [-0.15, -0.1) is 0 Å². The summed E-state index contributed by atoms with van der Waals surface area (Å²) in [4.78, 5) is 25.5. The van der Waals surface area contributed by atoms with Crippen LogP contribution < -0.4 is 9.64 Å². The van der Waals surface area contributed by atoms with E-state index in [0.29, 0.717) is 0 Å². The number of ether oxygens (including phenoxy) is 2. The zero-order valence-corrected chi connectivity index (χ0v) is 13.9. The maximum Gasteiger partial charge on any atom is 0.303 e. The van der Waals surface area contributed by atoms with E-state index >= 15 is 0 Å². The van der Waals surface area contributed by atoms with Crippen LogP contribution in [0.25, 0.3) is 0 Å². The molecule has 2 aromatic rings. The summed E-state index contributed by atoms with van der Waals surface area (Å²) in [5.41, 5.74) is 2.81. The molecule has 3 rings (SSSR count). The van der Waals surface area contributed by atoms with E-state index in [1.807, 2.05) is 43.3 Å². The summed E-state index contributed by atoms with van der Waals surface area (Å²) in [6, 6.07) is 14.8. The third-order valence-corrected chi connectivity index (χ3v) is 4.11. The molecule has 0 N–H and O–H groups in total. The first-order chi connectivity index (χ1) is 11.5. The van der Waals surface area contributed by atoms with Crippen LogP contribution in [0.15, 0.2) is 48.5 Å². The zero-order valence-electron chi connectivity index (χ0n) is 13.9. The standard InChI is InChI=1S/C19H19NO4/c1-12-4-6-14(7-5-12)17-18(24-13(2)21)19(22)20(17)15-8-10-16(23-3)11-9-15/h4-11,17-18H,1-3H3/t17-,18-/m1/s1. The Balaban J connectivity index is 1.95. The SMILES string of the molecule is COc1ccc(N2C(=O)[C@H](OC(C)=O)[C@H]2c2ccc(C)cc2)cc1. The monoisotopic (exact) mass is 325 g/mol. The number of amides is 1. The van der Waals surface area contributed by atoms with Gasteiger partial charge in [-0.05, 0) is 36.8 Å². The maximum absolute atomic E-state index is 12.5. The van der Waals surface area contributed by atoms with Crippen molar-refractivity contribution in [2.45, 2.75) is 26.0 Å². The van der Waals surface area contributed by atoms with Crippen LogP contribution in [0.3, 0.4) is 0 Å². The molecule has 0 aromatic heterocycles. The number of hydrogen-bond donors (Lipinski definition) is 0. The number of benzene rings is 2. The Morgan fingerprint density at radius 1 is 1.04 bits per heavy atom. The van der Waals surface area contributed by atoms with Gasteiger partial charge in [0.25, 0.3) is 5.91 Å². The molecule has 1 aliphatic heterocycles. The van der Waals surface area contributed by atoms with Crippen LogP contribution in [0.2, 0.25) is 0 Å². The fourth-order valence-corrected chi connectivity index (χ4v) is 2.87. The largest absolute Gasteiger partial charge is 0.497 e. The Labute approximate surface area is 140 Å². The lowest BCUT2D eigenvalue weighted by molar-refractivity contribution is -0.160. The summed E-state index contributed by atoms with van der Waals surface area (Å²) >= 11 is 0. The van der Waals surface area contributed by atoms with Gasteiger partial charge >= 0.3 is 5.97 Å². The Hall–Kier alpha value is -2.82. The van der Waals surface area contributed by atoms with E-state index in [-0.39, 0.29) is 11.9 Å². The Kier molecular flexibility index (Phi) is 4.25. The highest BCUT2D eigenvalue weighted by Crippen LogP contribution is 2.41. The van der Waals surface area contributed by atoms with Crippen molar-refractivity contribution in [1.82, 2.24) is 0 Å². The number of esters is 1. The molecule has 0 aliphatic carbocycles. The molecule has 0 bridgehead atoms. The zero-order chi connectivity index (χ0) is 17.3. The van der Waals surface area contributed by atoms with Crippen molar-refractivity contribution in [2.75, 3.05) is 12.0 Å². The highest BCUT2D eigenvalue weighted by Gasteiger charge is 2.51. The predicted octanol–water partition coefficient (Wildman–Crippen LogP) is 3.02. The molecule has 1 amide bonds. The van der Waals surface area contributed by atoms with Crippen LogP contribution in [0.4, 0.5) is 5.69 Å². The molecule has 1 saturated heterocycles. The minimum absolute atomic E-state index is 0.221. The third kappa shape index (κ3) is 2.85. The predicted molar refractivity (Wildman–Crippen MR) is 90.0 cm³/mol. The fourth-order valence-electron chi connectivity index (χ4n) is 2.87. The van der Waals surface area contributed by atoms with E-state index in [1.54, 1.807) is 24.1 Å². The molecule has 0 radical (unpaired) electrons. The van der Waals surface area contributed by atoms with Gasteiger partial charge in [-0.25, -0.2) is 0 Å². The summed E-state index contributed by atoms with van der Waals surface area (Å²) in [5, 5.41) is 0. The number of methoxy groups -OCH3 is 1. The lowest BCUT2D eigenvalue weighted by Crippen LogP contribution is -2.60. The number of carbonyl (C=O) groups excluding carboxylic acids is 2. The molecule has 5 heteroatoms. The minimum atomic E-state index is -0.785. The second-order valence-electron chi connectivity index (χ2n) is 5.79. The van der Waals surface area contributed by atoms with Gasteiger partial charge in [-0.3, -0.25) is 14.5 Å². The summed E-state index contributed by atoms with van der Waals surface area (Å²) in [6.07, 6.45) is -0.785. The van der Waals surface area contributed by atoms with Crippen LogP contribution >= 0.6 is 0 Å². The van der Waals surface area contributed by atoms with E-state index in [9.17, 15) is 9.59 Å². The second kappa shape index (κ2) is 6.35. The van der Waals surface area contributed by atoms with Crippen LogP contribution in [0.5, 0.6) is 5.75 Å². The van der Waals surface area contributed by atoms with Crippen molar-refractivity contribution >= 4 is 17.6 Å². The molecule has 0 unspecified atom stereocenters. The summed E-state index contributed by atoms with van der Waals surface area (Å²) in [7, 11) is 1.59. The molecule has 1 aliphatic rings. The first-order valence-corrected chi connectivity index (χ1v) is 7.72. The molecule has 124 valence electrons. The van der Waals surface area contributed by atoms with E-state index in [1.165, 1.54) is 6.92 Å². The highest BCUT2D eigenvalue weighted by atomic mass is 16.6. The lowest BCUT2D eigenvalue weighted by Gasteiger charge is -2.46. The summed E-state index contributed by atoms with van der Waals surface area (Å²) in [5.74, 6) is 0.0379. The van der Waals surface area contributed by atoms with E-state index in [2.05, 4.69) is 0 Å². The van der Waals surface area contributed by atoms with Gasteiger partial charge in [0, 0.05) is 12.6 Å². The Morgan fingerprint density at radius 2 is 1.67 bits per heavy atom. The minimum Gasteiger partial charge on any atom is -0.497 e. The quantitative estimate of drug-likeness (QED) is 0.640. The van der Waals surface area contributed by atoms with Crippen molar-refractivity contribution < 1.29 is 19.1 Å². The van der Waals surface area contributed by atoms with Gasteiger partial charge in [0.15, 0.2) is 0 Å². The molecule has 24 heavy (non-hydrogen) atoms. The molecule has 0 saturated carbocycles. The number of hydrogen-bond acceptors (Lipinski definition) is 4. The van der Waals surface area contributed by atoms with Gasteiger partial charge in [0.1, 0.15) is 11.8 Å². The second-order valence-corrected chi connectivity index (χ2v) is 5.79. The van der Waals surface area contributed by atoms with Gasteiger partial charge in [-0.2, -0.15) is 0 Å². The van der Waals surface area contributed by atoms with Crippen molar-refractivity contribution in [1.29, 1.82) is 0 Å². The number of aryl methyl sites for hydroxylation is 1. The topological polar surface area (TPSA) is 55.8 Å². The molecule has 2 atom stereocenters. The maximum atomic E-state index is 12.5. The fraction of sp³-hybridized carbons (Fsp3) is 0.263. The van der Waals surface area contributed by atoms with E-state index < -0.39 is 12.1 Å². The summed E-state index contributed by atoms with van der Waals surface area (Å²) < 4.78 is 10.4. The average molecular weight is 325 g/mol. The first-order valence-electron chi connectivity index (χ1n) is 7.72. The Morgan fingerprint density at radius 3 is 2.21 bits per heavy atom. The molecule has 5 nitrogen and oxygen atoms in total. The average Bonchev–Trinajstić information content (AvgIpc) is 2.58. The van der Waals surface area contributed by atoms with Crippen LogP contribution in [0, 0.1) is 6.92 Å². The number of rotatable bonds is 4. The molecule has 1 fully saturated rings. The van der Waals surface area contributed by atoms with Gasteiger partial charge < -0.3 is 9.47 Å². The van der Waals surface area contributed by atoms with Crippen LogP contribution in [-0.4, -0.2) is 25.1 Å². The van der Waals surface area contributed by atoms with Crippen LogP contribution in [-0.2, 0) is 14.3 Å². The number of nitrogens with zero attached hydrogens (tertiary/aromatic N) is 1. The number of anilines is 1. The Bertz CT molecular complexity index is 752. The summed E-state index contributed by atoms with van der Waals surface area (Å²) in [6.45, 7) is 3.32. The highest BCUT2D eigenvalue weighted by molar-refractivity contribution is 6.06. The molecule has 2 aromatic carbocycles. The number of carbonyl (C=O) groups is 2. The molecule has 0 spiro atoms. The third-order valence-electron chi connectivity index (χ3n) is 4.11. The van der Waals surface area contributed by atoms with Gasteiger partial charge in [0.05, 0.1) is 7.11 Å². The van der Waals surface area contributed by atoms with Crippen molar-refractivity contribution in [3.8, 4) is 5.75 Å². The van der Waals surface area contributed by atoms with Crippen molar-refractivity contribution in [3.05, 3.63) is 59.7 Å². The van der Waals surface area contributed by atoms with E-state index in [0.717, 1.165) is 22.6 Å². The molecular weight excluding hydrogens is 306 g/mol. The first kappa shape index (κ1) is 16.1. The lowest BCUT2D eigenvalue weighted by atomic mass is 9.89. The van der Waals surface area contributed by atoms with Crippen molar-refractivity contribution in [2.24, 2.45) is 0 Å². The van der Waals surface area contributed by atoms with Crippen molar-refractivity contribution in [3.63, 3.8) is 0 Å². The molecule has 1 heterocycles. The number of β-lactam (4-membered cyclic amide) rings is 1. The van der Waals surface area contributed by atoms with Gasteiger partial charge in [0.2, 0.25) is 6.10 Å². The normalized spacial score (nSPS) is 19.6. The van der Waals surface area contributed by atoms with Crippen LogP contribution in [0.1, 0.15) is 24.1 Å². The van der Waals surface area contributed by atoms with Gasteiger partial charge in [-0.1, -0.05) is 29.8 Å².